The highest BCUT2D eigenvalue weighted by Gasteiger charge is 2.60. The van der Waals surface area contributed by atoms with Gasteiger partial charge in [0.05, 0.1) is 36.2 Å². The quantitative estimate of drug-likeness (QED) is 0.594. The van der Waals surface area contributed by atoms with E-state index in [9.17, 15) is 9.59 Å². The zero-order chi connectivity index (χ0) is 22.2. The van der Waals surface area contributed by atoms with Gasteiger partial charge in [0.1, 0.15) is 11.7 Å². The van der Waals surface area contributed by atoms with Gasteiger partial charge in [-0.3, -0.25) is 14.4 Å². The van der Waals surface area contributed by atoms with Crippen molar-refractivity contribution in [2.75, 3.05) is 17.1 Å². The standard InChI is InChI=1S/C25H19N3O4/c1-31-20-13-9-17(10-14-20)22-21-23(32-28(22)19-5-3-2-4-6-19)25(30)27(24(21)29)18-11-7-16(15-26)8-12-18/h2-14,21-23H,1H3/t21-,22-,23+/m1/s1. The minimum Gasteiger partial charge on any atom is -0.497 e. The number of benzene rings is 3. The first-order valence-electron chi connectivity index (χ1n) is 10.2. The summed E-state index contributed by atoms with van der Waals surface area (Å²) in [5, 5.41) is 10.7. The van der Waals surface area contributed by atoms with Gasteiger partial charge >= 0.3 is 0 Å². The number of nitrogens with zero attached hydrogens (tertiary/aromatic N) is 3. The molecule has 5 rings (SSSR count). The summed E-state index contributed by atoms with van der Waals surface area (Å²) in [6.07, 6.45) is -0.939. The maximum atomic E-state index is 13.5. The zero-order valence-electron chi connectivity index (χ0n) is 17.2. The predicted octanol–water partition coefficient (Wildman–Crippen LogP) is 3.62. The molecule has 3 aromatic carbocycles. The molecule has 7 heteroatoms. The van der Waals surface area contributed by atoms with Gasteiger partial charge in [0, 0.05) is 0 Å². The molecule has 0 spiro atoms. The molecule has 2 aliphatic rings. The molecule has 0 radical (unpaired) electrons. The highest BCUT2D eigenvalue weighted by Crippen LogP contribution is 2.47. The van der Waals surface area contributed by atoms with Crippen molar-refractivity contribution >= 4 is 23.2 Å². The lowest BCUT2D eigenvalue weighted by Gasteiger charge is -2.28. The minimum atomic E-state index is -0.939. The van der Waals surface area contributed by atoms with E-state index < -0.39 is 24.0 Å². The zero-order valence-corrected chi connectivity index (χ0v) is 17.2. The third kappa shape index (κ3) is 3.09. The number of hydrogen-bond donors (Lipinski definition) is 0. The summed E-state index contributed by atoms with van der Waals surface area (Å²) in [6, 6.07) is 24.8. The molecular weight excluding hydrogens is 406 g/mol. The lowest BCUT2D eigenvalue weighted by atomic mass is 9.90. The Morgan fingerprint density at radius 2 is 1.56 bits per heavy atom. The molecule has 0 saturated carbocycles. The van der Waals surface area contributed by atoms with Crippen molar-refractivity contribution in [1.29, 1.82) is 5.26 Å². The molecule has 0 bridgehead atoms. The van der Waals surface area contributed by atoms with Crippen molar-refractivity contribution in [2.45, 2.75) is 12.1 Å². The molecule has 3 aromatic rings. The average Bonchev–Trinajstić information content (AvgIpc) is 3.36. The number of ether oxygens (including phenoxy) is 1. The van der Waals surface area contributed by atoms with Crippen LogP contribution in [0.3, 0.4) is 0 Å². The fraction of sp³-hybridized carbons (Fsp3) is 0.160. The number of carbonyl (C=O) groups is 2. The van der Waals surface area contributed by atoms with E-state index >= 15 is 0 Å². The second-order valence-electron chi connectivity index (χ2n) is 7.60. The second-order valence-corrected chi connectivity index (χ2v) is 7.60. The Kier molecular flexibility index (Phi) is 4.85. The first-order chi connectivity index (χ1) is 15.6. The highest BCUT2D eigenvalue weighted by atomic mass is 16.7. The van der Waals surface area contributed by atoms with Gasteiger partial charge in [0.15, 0.2) is 6.10 Å². The van der Waals surface area contributed by atoms with Gasteiger partial charge in [0.25, 0.3) is 5.91 Å². The number of para-hydroxylation sites is 1. The van der Waals surface area contributed by atoms with E-state index in [0.717, 1.165) is 16.2 Å². The third-order valence-corrected chi connectivity index (χ3v) is 5.84. The fourth-order valence-electron chi connectivity index (χ4n) is 4.29. The second kappa shape index (κ2) is 7.84. The van der Waals surface area contributed by atoms with Crippen LogP contribution in [0.5, 0.6) is 5.75 Å². The Morgan fingerprint density at radius 3 is 2.19 bits per heavy atom. The largest absolute Gasteiger partial charge is 0.497 e. The van der Waals surface area contributed by atoms with Gasteiger partial charge in [-0.2, -0.15) is 5.26 Å². The first kappa shape index (κ1) is 19.8. The maximum Gasteiger partial charge on any atom is 0.266 e. The molecule has 7 nitrogen and oxygen atoms in total. The summed E-state index contributed by atoms with van der Waals surface area (Å²) in [5.74, 6) is -0.763. The lowest BCUT2D eigenvalue weighted by molar-refractivity contribution is -0.126. The molecule has 2 fully saturated rings. The monoisotopic (exact) mass is 425 g/mol. The van der Waals surface area contributed by atoms with Gasteiger partial charge in [-0.05, 0) is 54.1 Å². The van der Waals surface area contributed by atoms with Crippen LogP contribution in [0, 0.1) is 17.2 Å². The number of nitriles is 1. The van der Waals surface area contributed by atoms with Crippen molar-refractivity contribution < 1.29 is 19.2 Å². The molecule has 2 aliphatic heterocycles. The van der Waals surface area contributed by atoms with Crippen LogP contribution in [-0.4, -0.2) is 25.0 Å². The van der Waals surface area contributed by atoms with Crippen LogP contribution < -0.4 is 14.7 Å². The highest BCUT2D eigenvalue weighted by molar-refractivity contribution is 6.23. The van der Waals surface area contributed by atoms with E-state index in [0.29, 0.717) is 17.0 Å². The third-order valence-electron chi connectivity index (χ3n) is 5.84. The van der Waals surface area contributed by atoms with Crippen LogP contribution >= 0.6 is 0 Å². The predicted molar refractivity (Wildman–Crippen MR) is 117 cm³/mol. The molecule has 0 aliphatic carbocycles. The Morgan fingerprint density at radius 1 is 0.875 bits per heavy atom. The Bertz CT molecular complexity index is 1200. The topological polar surface area (TPSA) is 82.9 Å². The number of amides is 2. The molecule has 0 unspecified atom stereocenters. The molecule has 0 aromatic heterocycles. The van der Waals surface area contributed by atoms with E-state index in [1.807, 2.05) is 60.7 Å². The van der Waals surface area contributed by atoms with Crippen molar-refractivity contribution in [3.8, 4) is 11.8 Å². The first-order valence-corrected chi connectivity index (χ1v) is 10.2. The summed E-state index contributed by atoms with van der Waals surface area (Å²) < 4.78 is 5.26. The van der Waals surface area contributed by atoms with E-state index in [-0.39, 0.29) is 5.91 Å². The lowest BCUT2D eigenvalue weighted by Crippen LogP contribution is -2.37. The molecule has 32 heavy (non-hydrogen) atoms. The smallest absolute Gasteiger partial charge is 0.266 e. The van der Waals surface area contributed by atoms with E-state index in [1.165, 1.54) is 0 Å². The summed E-state index contributed by atoms with van der Waals surface area (Å²) in [5.41, 5.74) is 2.48. The minimum absolute atomic E-state index is 0.330. The average molecular weight is 425 g/mol. The van der Waals surface area contributed by atoms with Gasteiger partial charge in [-0.1, -0.05) is 30.3 Å². The summed E-state index contributed by atoms with van der Waals surface area (Å²) in [4.78, 5) is 34.1. The van der Waals surface area contributed by atoms with Gasteiger partial charge in [-0.25, -0.2) is 9.96 Å². The number of carbonyl (C=O) groups excluding carboxylic acids is 2. The Labute approximate surface area is 185 Å². The normalized spacial score (nSPS) is 22.1. The van der Waals surface area contributed by atoms with Crippen LogP contribution in [0.25, 0.3) is 0 Å². The fourth-order valence-corrected chi connectivity index (χ4v) is 4.29. The van der Waals surface area contributed by atoms with Crippen molar-refractivity contribution in [3.63, 3.8) is 0 Å². The summed E-state index contributed by atoms with van der Waals surface area (Å²) >= 11 is 0. The van der Waals surface area contributed by atoms with Crippen molar-refractivity contribution in [3.05, 3.63) is 90.0 Å². The molecule has 2 saturated heterocycles. The van der Waals surface area contributed by atoms with Gasteiger partial charge < -0.3 is 4.74 Å². The van der Waals surface area contributed by atoms with Crippen LogP contribution in [-0.2, 0) is 14.4 Å². The van der Waals surface area contributed by atoms with Crippen molar-refractivity contribution in [2.24, 2.45) is 5.92 Å². The molecule has 158 valence electrons. The number of hydroxylamine groups is 1. The summed E-state index contributed by atoms with van der Waals surface area (Å²) in [7, 11) is 1.59. The summed E-state index contributed by atoms with van der Waals surface area (Å²) in [6.45, 7) is 0. The van der Waals surface area contributed by atoms with Gasteiger partial charge in [0.2, 0.25) is 5.91 Å². The number of methoxy groups -OCH3 is 1. The van der Waals surface area contributed by atoms with Crippen molar-refractivity contribution in [1.82, 2.24) is 0 Å². The number of hydrogen-bond acceptors (Lipinski definition) is 6. The molecular formula is C25H19N3O4. The number of anilines is 2. The molecule has 2 amide bonds. The van der Waals surface area contributed by atoms with Crippen LogP contribution in [0.1, 0.15) is 17.2 Å². The number of fused-ring (bicyclic) bond motifs is 1. The van der Waals surface area contributed by atoms with E-state index in [2.05, 4.69) is 0 Å². The molecule has 3 atom stereocenters. The Balaban J connectivity index is 1.56. The number of imide groups is 1. The SMILES string of the molecule is COc1ccc([C@@H]2[C@H]3C(=O)N(c4ccc(C#N)cc4)C(=O)[C@H]3ON2c2ccccc2)cc1. The van der Waals surface area contributed by atoms with Crippen LogP contribution in [0.4, 0.5) is 11.4 Å². The van der Waals surface area contributed by atoms with Gasteiger partial charge in [-0.15, -0.1) is 0 Å². The van der Waals surface area contributed by atoms with Crippen LogP contribution in [0.2, 0.25) is 0 Å². The van der Waals surface area contributed by atoms with E-state index in [4.69, 9.17) is 14.8 Å². The van der Waals surface area contributed by atoms with E-state index in [1.54, 1.807) is 36.4 Å². The Hall–Kier alpha value is -4.15. The van der Waals surface area contributed by atoms with Crippen LogP contribution in [0.15, 0.2) is 78.9 Å². The molecule has 2 heterocycles. The number of rotatable bonds is 4. The molecule has 0 N–H and O–H groups in total. The maximum absolute atomic E-state index is 13.5.